The van der Waals surface area contributed by atoms with Gasteiger partial charge in [-0.25, -0.2) is 4.98 Å². The fraction of sp³-hybridized carbons (Fsp3) is 0.222. The molecule has 128 valence electrons. The Hall–Kier alpha value is -3.22. The number of hydrogen-bond donors (Lipinski definition) is 2. The highest BCUT2D eigenvalue weighted by Gasteiger charge is 2.22. The lowest BCUT2D eigenvalue weighted by Crippen LogP contribution is -2.32. The van der Waals surface area contributed by atoms with Crippen molar-refractivity contribution in [3.8, 4) is 0 Å². The molecule has 25 heavy (non-hydrogen) atoms. The number of nitrogens with one attached hydrogen (secondary N) is 2. The summed E-state index contributed by atoms with van der Waals surface area (Å²) in [6.45, 7) is 3.99. The van der Waals surface area contributed by atoms with Crippen LogP contribution in [0, 0.1) is 16.0 Å². The number of nitrogens with zero attached hydrogens (tertiary/aromatic N) is 2. The first-order valence-corrected chi connectivity index (χ1v) is 7.95. The Labute approximate surface area is 144 Å². The van der Waals surface area contributed by atoms with E-state index >= 15 is 0 Å². The third kappa shape index (κ3) is 3.50. The number of rotatable bonds is 5. The van der Waals surface area contributed by atoms with Gasteiger partial charge in [0.05, 0.1) is 22.0 Å². The minimum atomic E-state index is -0.493. The second-order valence-corrected chi connectivity index (χ2v) is 6.14. The minimum Gasteiger partial charge on any atom is -0.342 e. The van der Waals surface area contributed by atoms with Gasteiger partial charge in [0.25, 0.3) is 11.6 Å². The zero-order chi connectivity index (χ0) is 18.0. The Morgan fingerprint density at radius 1 is 1.16 bits per heavy atom. The van der Waals surface area contributed by atoms with Gasteiger partial charge in [0, 0.05) is 17.7 Å². The van der Waals surface area contributed by atoms with E-state index in [9.17, 15) is 14.9 Å². The number of non-ortho nitro benzene ring substituents is 1. The van der Waals surface area contributed by atoms with Crippen molar-refractivity contribution in [1.29, 1.82) is 0 Å². The number of hydrogen-bond acceptors (Lipinski definition) is 4. The van der Waals surface area contributed by atoms with Crippen molar-refractivity contribution in [1.82, 2.24) is 15.3 Å². The highest BCUT2D eigenvalue weighted by atomic mass is 16.6. The van der Waals surface area contributed by atoms with Crippen LogP contribution in [0.2, 0.25) is 0 Å². The summed E-state index contributed by atoms with van der Waals surface area (Å²) in [6, 6.07) is 12.9. The topological polar surface area (TPSA) is 101 Å². The third-order valence-corrected chi connectivity index (χ3v) is 4.00. The van der Waals surface area contributed by atoms with Crippen molar-refractivity contribution in [2.75, 3.05) is 0 Å². The summed E-state index contributed by atoms with van der Waals surface area (Å²) in [6.07, 6.45) is 0. The second-order valence-electron chi connectivity index (χ2n) is 6.14. The number of benzene rings is 2. The molecule has 1 aromatic heterocycles. The highest BCUT2D eigenvalue weighted by molar-refractivity contribution is 5.94. The lowest BCUT2D eigenvalue weighted by molar-refractivity contribution is -0.384. The number of fused-ring (bicyclic) bond motifs is 1. The van der Waals surface area contributed by atoms with Crippen molar-refractivity contribution in [2.45, 2.75) is 19.9 Å². The van der Waals surface area contributed by atoms with Gasteiger partial charge in [0.1, 0.15) is 5.82 Å². The largest absolute Gasteiger partial charge is 0.342 e. The first-order valence-electron chi connectivity index (χ1n) is 7.95. The van der Waals surface area contributed by atoms with Gasteiger partial charge in [0.2, 0.25) is 0 Å². The van der Waals surface area contributed by atoms with Crippen LogP contribution in [-0.2, 0) is 0 Å². The van der Waals surface area contributed by atoms with E-state index in [0.717, 1.165) is 11.0 Å². The minimum absolute atomic E-state index is 0.0470. The zero-order valence-corrected chi connectivity index (χ0v) is 13.9. The molecular formula is C18H18N4O3. The van der Waals surface area contributed by atoms with E-state index in [1.807, 2.05) is 38.1 Å². The van der Waals surface area contributed by atoms with Gasteiger partial charge in [0.15, 0.2) is 0 Å². The van der Waals surface area contributed by atoms with Crippen molar-refractivity contribution in [2.24, 2.45) is 5.92 Å². The van der Waals surface area contributed by atoms with E-state index in [0.29, 0.717) is 11.4 Å². The number of aromatic amines is 1. The Bertz CT molecular complexity index is 882. The van der Waals surface area contributed by atoms with Crippen molar-refractivity contribution >= 4 is 22.6 Å². The van der Waals surface area contributed by atoms with Crippen LogP contribution in [0.3, 0.4) is 0 Å². The van der Waals surface area contributed by atoms with Gasteiger partial charge in [-0.3, -0.25) is 14.9 Å². The molecule has 0 aliphatic carbocycles. The summed E-state index contributed by atoms with van der Waals surface area (Å²) >= 11 is 0. The smallest absolute Gasteiger partial charge is 0.269 e. The molecule has 2 aromatic carbocycles. The van der Waals surface area contributed by atoms with E-state index in [1.165, 1.54) is 24.3 Å². The number of carbonyl (C=O) groups is 1. The highest BCUT2D eigenvalue weighted by Crippen LogP contribution is 2.23. The van der Waals surface area contributed by atoms with Crippen LogP contribution < -0.4 is 5.32 Å². The summed E-state index contributed by atoms with van der Waals surface area (Å²) in [7, 11) is 0. The zero-order valence-electron chi connectivity index (χ0n) is 13.9. The standard InChI is InChI=1S/C18H18N4O3/c1-11(2)16(17-19-14-5-3-4-6-15(14)20-17)21-18(23)12-7-9-13(10-8-12)22(24)25/h3-11,16H,1-2H3,(H,19,20)(H,21,23)/t16-/m1/s1. The molecule has 0 aliphatic rings. The maximum absolute atomic E-state index is 12.5. The molecule has 0 bridgehead atoms. The number of aromatic nitrogens is 2. The number of imidazole rings is 1. The van der Waals surface area contributed by atoms with Crippen LogP contribution >= 0.6 is 0 Å². The lowest BCUT2D eigenvalue weighted by Gasteiger charge is -2.20. The fourth-order valence-corrected chi connectivity index (χ4v) is 2.63. The molecule has 7 nitrogen and oxygen atoms in total. The van der Waals surface area contributed by atoms with Gasteiger partial charge in [-0.15, -0.1) is 0 Å². The molecular weight excluding hydrogens is 320 g/mol. The molecule has 2 N–H and O–H groups in total. The molecule has 0 aliphatic heterocycles. The average molecular weight is 338 g/mol. The van der Waals surface area contributed by atoms with Gasteiger partial charge in [-0.2, -0.15) is 0 Å². The van der Waals surface area contributed by atoms with Gasteiger partial charge < -0.3 is 10.3 Å². The second kappa shape index (κ2) is 6.72. The average Bonchev–Trinajstić information content (AvgIpc) is 3.02. The maximum Gasteiger partial charge on any atom is 0.269 e. The van der Waals surface area contributed by atoms with Crippen LogP contribution in [0.25, 0.3) is 11.0 Å². The number of nitro benzene ring substituents is 1. The summed E-state index contributed by atoms with van der Waals surface area (Å²) in [5, 5.41) is 13.7. The molecule has 0 spiro atoms. The Morgan fingerprint density at radius 2 is 1.84 bits per heavy atom. The molecule has 0 saturated heterocycles. The monoisotopic (exact) mass is 338 g/mol. The summed E-state index contributed by atoms with van der Waals surface area (Å²) < 4.78 is 0. The number of para-hydroxylation sites is 2. The predicted molar refractivity (Wildman–Crippen MR) is 94.2 cm³/mol. The van der Waals surface area contributed by atoms with Crippen LogP contribution in [0.1, 0.15) is 36.1 Å². The van der Waals surface area contributed by atoms with E-state index in [2.05, 4.69) is 15.3 Å². The maximum atomic E-state index is 12.5. The molecule has 7 heteroatoms. The van der Waals surface area contributed by atoms with Crippen molar-refractivity contribution < 1.29 is 9.72 Å². The summed E-state index contributed by atoms with van der Waals surface area (Å²) in [5.74, 6) is 0.503. The molecule has 1 atom stereocenters. The molecule has 3 rings (SSSR count). The lowest BCUT2D eigenvalue weighted by atomic mass is 10.0. The molecule has 1 amide bonds. The number of H-pyrrole nitrogens is 1. The number of nitro groups is 1. The van der Waals surface area contributed by atoms with Crippen LogP contribution in [-0.4, -0.2) is 20.8 Å². The third-order valence-electron chi connectivity index (χ3n) is 4.00. The van der Waals surface area contributed by atoms with E-state index < -0.39 is 4.92 Å². The Balaban J connectivity index is 1.83. The normalized spacial score (nSPS) is 12.3. The predicted octanol–water partition coefficient (Wildman–Crippen LogP) is 3.60. The SMILES string of the molecule is CC(C)[C@@H](NC(=O)c1ccc([N+](=O)[O-])cc1)c1nc2ccccc2[nH]1. The van der Waals surface area contributed by atoms with Gasteiger partial charge in [-0.05, 0) is 30.2 Å². The van der Waals surface area contributed by atoms with Crippen LogP contribution in [0.5, 0.6) is 0 Å². The van der Waals surface area contributed by atoms with Crippen molar-refractivity contribution in [3.05, 3.63) is 70.0 Å². The van der Waals surface area contributed by atoms with E-state index in [4.69, 9.17) is 0 Å². The Morgan fingerprint density at radius 3 is 2.44 bits per heavy atom. The number of amides is 1. The fourth-order valence-electron chi connectivity index (χ4n) is 2.63. The molecule has 0 radical (unpaired) electrons. The van der Waals surface area contributed by atoms with Gasteiger partial charge >= 0.3 is 0 Å². The van der Waals surface area contributed by atoms with E-state index in [1.54, 1.807) is 0 Å². The molecule has 0 saturated carbocycles. The van der Waals surface area contributed by atoms with E-state index in [-0.39, 0.29) is 23.6 Å². The van der Waals surface area contributed by atoms with Crippen LogP contribution in [0.15, 0.2) is 48.5 Å². The first-order chi connectivity index (χ1) is 12.0. The van der Waals surface area contributed by atoms with Crippen LogP contribution in [0.4, 0.5) is 5.69 Å². The Kier molecular flexibility index (Phi) is 4.47. The molecule has 1 heterocycles. The molecule has 3 aromatic rings. The molecule has 0 unspecified atom stereocenters. The first kappa shape index (κ1) is 16.6. The molecule has 0 fully saturated rings. The quantitative estimate of drug-likeness (QED) is 0.548. The number of carbonyl (C=O) groups excluding carboxylic acids is 1. The van der Waals surface area contributed by atoms with Crippen molar-refractivity contribution in [3.63, 3.8) is 0 Å². The van der Waals surface area contributed by atoms with Gasteiger partial charge in [-0.1, -0.05) is 26.0 Å². The summed E-state index contributed by atoms with van der Waals surface area (Å²) in [5.41, 5.74) is 2.07. The summed E-state index contributed by atoms with van der Waals surface area (Å²) in [4.78, 5) is 30.5.